The van der Waals surface area contributed by atoms with Gasteiger partial charge in [0.05, 0.1) is 12.7 Å². The summed E-state index contributed by atoms with van der Waals surface area (Å²) < 4.78 is 5.88. The van der Waals surface area contributed by atoms with E-state index in [1.165, 1.54) is 5.56 Å². The molecule has 1 rings (SSSR count). The summed E-state index contributed by atoms with van der Waals surface area (Å²) in [6, 6.07) is 10.9. The molecule has 1 aromatic rings. The summed E-state index contributed by atoms with van der Waals surface area (Å²) in [6.45, 7) is 10.5. The number of hydrogen-bond donors (Lipinski definition) is 1. The molecular weight excluding hydrogens is 210 g/mol. The van der Waals surface area contributed by atoms with Gasteiger partial charge in [-0.25, -0.2) is 0 Å². The van der Waals surface area contributed by atoms with E-state index in [4.69, 9.17) is 4.74 Å². The van der Waals surface area contributed by atoms with Gasteiger partial charge in [0.1, 0.15) is 0 Å². The lowest BCUT2D eigenvalue weighted by atomic mass is 10.1. The lowest BCUT2D eigenvalue weighted by Gasteiger charge is -2.18. The lowest BCUT2D eigenvalue weighted by molar-refractivity contribution is 0.0429. The highest BCUT2D eigenvalue weighted by Crippen LogP contribution is 2.16. The topological polar surface area (TPSA) is 21.3 Å². The van der Waals surface area contributed by atoms with E-state index < -0.39 is 0 Å². The molecule has 0 aromatic heterocycles. The van der Waals surface area contributed by atoms with Gasteiger partial charge in [0, 0.05) is 12.6 Å². The van der Waals surface area contributed by atoms with Crippen LogP contribution in [0, 0.1) is 5.92 Å². The van der Waals surface area contributed by atoms with Crippen LogP contribution in [0.5, 0.6) is 0 Å². The Labute approximate surface area is 105 Å². The molecule has 0 saturated carbocycles. The van der Waals surface area contributed by atoms with Crippen molar-refractivity contribution in [2.24, 2.45) is 5.92 Å². The van der Waals surface area contributed by atoms with Gasteiger partial charge in [-0.2, -0.15) is 0 Å². The molecule has 2 atom stereocenters. The molecule has 96 valence electrons. The molecule has 0 fully saturated rings. The molecule has 0 aliphatic heterocycles. The number of hydrogen-bond acceptors (Lipinski definition) is 2. The minimum atomic E-state index is 0.178. The van der Waals surface area contributed by atoms with Crippen LogP contribution >= 0.6 is 0 Å². The van der Waals surface area contributed by atoms with Gasteiger partial charge in [-0.1, -0.05) is 51.1 Å². The molecule has 0 bridgehead atoms. The number of rotatable bonds is 7. The maximum Gasteiger partial charge on any atom is 0.0796 e. The maximum atomic E-state index is 5.88. The van der Waals surface area contributed by atoms with Crippen molar-refractivity contribution in [3.63, 3.8) is 0 Å². The monoisotopic (exact) mass is 235 g/mol. The standard InChI is InChI=1S/C15H25NO/c1-12(2)16-10-13(3)11-17-14(4)15-8-6-5-7-9-15/h5-9,12-14,16H,10-11H2,1-4H3. The molecule has 0 spiro atoms. The van der Waals surface area contributed by atoms with E-state index in [-0.39, 0.29) is 6.10 Å². The van der Waals surface area contributed by atoms with Crippen LogP contribution in [-0.2, 0) is 4.74 Å². The average molecular weight is 235 g/mol. The predicted molar refractivity (Wildman–Crippen MR) is 73.1 cm³/mol. The molecule has 1 aromatic carbocycles. The Morgan fingerprint density at radius 1 is 1.06 bits per heavy atom. The van der Waals surface area contributed by atoms with Crippen LogP contribution in [0.15, 0.2) is 30.3 Å². The highest BCUT2D eigenvalue weighted by atomic mass is 16.5. The summed E-state index contributed by atoms with van der Waals surface area (Å²) >= 11 is 0. The van der Waals surface area contributed by atoms with Gasteiger partial charge in [0.2, 0.25) is 0 Å². The van der Waals surface area contributed by atoms with Crippen LogP contribution in [-0.4, -0.2) is 19.2 Å². The second-order valence-electron chi connectivity index (χ2n) is 5.05. The molecule has 0 amide bonds. The Morgan fingerprint density at radius 3 is 2.29 bits per heavy atom. The van der Waals surface area contributed by atoms with E-state index >= 15 is 0 Å². The zero-order valence-electron chi connectivity index (χ0n) is 11.4. The van der Waals surface area contributed by atoms with E-state index in [0.29, 0.717) is 12.0 Å². The molecule has 2 nitrogen and oxygen atoms in total. The summed E-state index contributed by atoms with van der Waals surface area (Å²) in [4.78, 5) is 0. The molecule has 0 saturated heterocycles. The van der Waals surface area contributed by atoms with Crippen molar-refractivity contribution in [2.45, 2.75) is 39.8 Å². The third-order valence-corrected chi connectivity index (χ3v) is 2.77. The molecule has 17 heavy (non-hydrogen) atoms. The van der Waals surface area contributed by atoms with Gasteiger partial charge >= 0.3 is 0 Å². The van der Waals surface area contributed by atoms with Gasteiger partial charge in [-0.05, 0) is 18.4 Å². The summed E-state index contributed by atoms with van der Waals surface area (Å²) in [5.41, 5.74) is 1.25. The molecule has 0 aliphatic carbocycles. The third kappa shape index (κ3) is 5.85. The van der Waals surface area contributed by atoms with Crippen LogP contribution in [0.25, 0.3) is 0 Å². The van der Waals surface area contributed by atoms with Gasteiger partial charge < -0.3 is 10.1 Å². The van der Waals surface area contributed by atoms with Gasteiger partial charge in [0.25, 0.3) is 0 Å². The van der Waals surface area contributed by atoms with Gasteiger partial charge in [-0.15, -0.1) is 0 Å². The normalized spacial score (nSPS) is 14.9. The van der Waals surface area contributed by atoms with E-state index in [2.05, 4.69) is 57.3 Å². The molecule has 0 radical (unpaired) electrons. The van der Waals surface area contributed by atoms with Crippen molar-refractivity contribution >= 4 is 0 Å². The maximum absolute atomic E-state index is 5.88. The highest BCUT2D eigenvalue weighted by Gasteiger charge is 2.08. The average Bonchev–Trinajstić information content (AvgIpc) is 2.34. The number of ether oxygens (including phenoxy) is 1. The molecule has 0 aliphatic rings. The predicted octanol–water partition coefficient (Wildman–Crippen LogP) is 3.40. The molecule has 0 heterocycles. The Morgan fingerprint density at radius 2 is 1.71 bits per heavy atom. The summed E-state index contributed by atoms with van der Waals surface area (Å²) in [5.74, 6) is 0.545. The highest BCUT2D eigenvalue weighted by molar-refractivity contribution is 5.16. The summed E-state index contributed by atoms with van der Waals surface area (Å²) in [5, 5.41) is 3.43. The molecule has 1 N–H and O–H groups in total. The smallest absolute Gasteiger partial charge is 0.0796 e. The summed E-state index contributed by atoms with van der Waals surface area (Å²) in [7, 11) is 0. The van der Waals surface area contributed by atoms with Crippen LogP contribution in [0.2, 0.25) is 0 Å². The van der Waals surface area contributed by atoms with Crippen molar-refractivity contribution in [1.29, 1.82) is 0 Å². The van der Waals surface area contributed by atoms with Crippen molar-refractivity contribution in [3.8, 4) is 0 Å². The van der Waals surface area contributed by atoms with Crippen LogP contribution in [0.4, 0.5) is 0 Å². The minimum Gasteiger partial charge on any atom is -0.373 e. The van der Waals surface area contributed by atoms with Gasteiger partial charge in [-0.3, -0.25) is 0 Å². The molecular formula is C15H25NO. The first kappa shape index (κ1) is 14.2. The number of benzene rings is 1. The minimum absolute atomic E-state index is 0.178. The van der Waals surface area contributed by atoms with Crippen molar-refractivity contribution in [1.82, 2.24) is 5.32 Å². The quantitative estimate of drug-likeness (QED) is 0.782. The first-order chi connectivity index (χ1) is 8.09. The first-order valence-corrected chi connectivity index (χ1v) is 6.49. The Kier molecular flexibility index (Phi) is 6.23. The Bertz CT molecular complexity index is 297. The second kappa shape index (κ2) is 7.46. The second-order valence-corrected chi connectivity index (χ2v) is 5.05. The fourth-order valence-electron chi connectivity index (χ4n) is 1.62. The zero-order valence-corrected chi connectivity index (χ0v) is 11.4. The van der Waals surface area contributed by atoms with Gasteiger partial charge in [0.15, 0.2) is 0 Å². The largest absolute Gasteiger partial charge is 0.373 e. The van der Waals surface area contributed by atoms with Crippen LogP contribution in [0.3, 0.4) is 0 Å². The fraction of sp³-hybridized carbons (Fsp3) is 0.600. The third-order valence-electron chi connectivity index (χ3n) is 2.77. The van der Waals surface area contributed by atoms with Crippen LogP contribution < -0.4 is 5.32 Å². The Hall–Kier alpha value is -0.860. The lowest BCUT2D eigenvalue weighted by Crippen LogP contribution is -2.29. The van der Waals surface area contributed by atoms with E-state index in [9.17, 15) is 0 Å². The van der Waals surface area contributed by atoms with E-state index in [1.807, 2.05) is 6.07 Å². The zero-order chi connectivity index (χ0) is 12.7. The first-order valence-electron chi connectivity index (χ1n) is 6.49. The summed E-state index contributed by atoms with van der Waals surface area (Å²) in [6.07, 6.45) is 0.178. The SMILES string of the molecule is CC(CNC(C)C)COC(C)c1ccccc1. The number of nitrogens with one attached hydrogen (secondary N) is 1. The Balaban J connectivity index is 2.26. The van der Waals surface area contributed by atoms with E-state index in [1.54, 1.807) is 0 Å². The van der Waals surface area contributed by atoms with Crippen molar-refractivity contribution < 1.29 is 4.74 Å². The van der Waals surface area contributed by atoms with Crippen LogP contribution in [0.1, 0.15) is 39.4 Å². The van der Waals surface area contributed by atoms with Crippen molar-refractivity contribution in [2.75, 3.05) is 13.2 Å². The van der Waals surface area contributed by atoms with E-state index in [0.717, 1.165) is 13.2 Å². The molecule has 2 heteroatoms. The fourth-order valence-corrected chi connectivity index (χ4v) is 1.62. The van der Waals surface area contributed by atoms with Crippen molar-refractivity contribution in [3.05, 3.63) is 35.9 Å². The molecule has 2 unspecified atom stereocenters.